The van der Waals surface area contributed by atoms with E-state index in [-0.39, 0.29) is 0 Å². The third kappa shape index (κ3) is 3.63. The minimum absolute atomic E-state index is 0.855. The van der Waals surface area contributed by atoms with Gasteiger partial charge in [-0.15, -0.1) is 0 Å². The van der Waals surface area contributed by atoms with Gasteiger partial charge in [-0.3, -0.25) is 0 Å². The fourth-order valence-corrected chi connectivity index (χ4v) is 2.42. The Morgan fingerprint density at radius 1 is 1.11 bits per heavy atom. The van der Waals surface area contributed by atoms with E-state index in [2.05, 4.69) is 38.1 Å². The van der Waals surface area contributed by atoms with E-state index in [0.29, 0.717) is 0 Å². The SMILES string of the molecule is CCCCCCOc1ccc2c(c1)CCC(C)=C2. The molecule has 0 aromatic heterocycles. The summed E-state index contributed by atoms with van der Waals surface area (Å²) in [7, 11) is 0. The van der Waals surface area contributed by atoms with Gasteiger partial charge in [0.2, 0.25) is 0 Å². The van der Waals surface area contributed by atoms with E-state index in [1.165, 1.54) is 48.8 Å². The number of fused-ring (bicyclic) bond motifs is 1. The first-order chi connectivity index (χ1) is 8.79. The fraction of sp³-hybridized carbons (Fsp3) is 0.529. The van der Waals surface area contributed by atoms with Crippen molar-refractivity contribution in [2.24, 2.45) is 0 Å². The number of allylic oxidation sites excluding steroid dienone is 1. The number of aryl methyl sites for hydroxylation is 1. The standard InChI is InChI=1S/C17H24O/c1-3-4-5-6-11-18-17-10-9-15-12-14(2)7-8-16(15)13-17/h9-10,12-13H,3-8,11H2,1-2H3. The molecule has 0 saturated carbocycles. The van der Waals surface area contributed by atoms with Crippen molar-refractivity contribution in [2.45, 2.75) is 52.4 Å². The Hall–Kier alpha value is -1.24. The number of unbranched alkanes of at least 4 members (excludes halogenated alkanes) is 3. The van der Waals surface area contributed by atoms with Crippen molar-refractivity contribution in [2.75, 3.05) is 6.61 Å². The molecule has 1 aliphatic carbocycles. The van der Waals surface area contributed by atoms with Crippen LogP contribution in [0.1, 0.15) is 57.1 Å². The Labute approximate surface area is 111 Å². The van der Waals surface area contributed by atoms with Gasteiger partial charge in [-0.25, -0.2) is 0 Å². The van der Waals surface area contributed by atoms with Gasteiger partial charge in [0.15, 0.2) is 0 Å². The monoisotopic (exact) mass is 244 g/mol. The molecule has 1 aromatic rings. The van der Waals surface area contributed by atoms with Crippen LogP contribution in [0.2, 0.25) is 0 Å². The van der Waals surface area contributed by atoms with Crippen LogP contribution in [0.3, 0.4) is 0 Å². The lowest BCUT2D eigenvalue weighted by Gasteiger charge is -2.15. The molecule has 1 aliphatic rings. The van der Waals surface area contributed by atoms with Crippen LogP contribution in [-0.4, -0.2) is 6.61 Å². The molecule has 98 valence electrons. The van der Waals surface area contributed by atoms with Gasteiger partial charge in [0.1, 0.15) is 5.75 Å². The zero-order valence-corrected chi connectivity index (χ0v) is 11.7. The maximum atomic E-state index is 5.82. The number of ether oxygens (including phenoxy) is 1. The molecule has 1 nitrogen and oxygen atoms in total. The Bertz CT molecular complexity index is 418. The summed E-state index contributed by atoms with van der Waals surface area (Å²) in [6.07, 6.45) is 9.69. The summed E-state index contributed by atoms with van der Waals surface area (Å²) in [6.45, 7) is 5.30. The third-order valence-electron chi connectivity index (χ3n) is 3.57. The predicted molar refractivity (Wildman–Crippen MR) is 78.1 cm³/mol. The molecule has 1 heteroatoms. The van der Waals surface area contributed by atoms with Gasteiger partial charge in [-0.1, -0.05) is 43.9 Å². The molecule has 2 rings (SSSR count). The molecule has 18 heavy (non-hydrogen) atoms. The van der Waals surface area contributed by atoms with Crippen molar-refractivity contribution in [3.8, 4) is 5.75 Å². The molecule has 0 heterocycles. The molecule has 0 unspecified atom stereocenters. The maximum absolute atomic E-state index is 5.82. The summed E-state index contributed by atoms with van der Waals surface area (Å²) in [4.78, 5) is 0. The first-order valence-corrected chi connectivity index (χ1v) is 7.22. The highest BCUT2D eigenvalue weighted by Gasteiger charge is 2.08. The van der Waals surface area contributed by atoms with Crippen molar-refractivity contribution in [3.05, 3.63) is 34.9 Å². The van der Waals surface area contributed by atoms with Gasteiger partial charge in [0.05, 0.1) is 6.61 Å². The first kappa shape index (κ1) is 13.2. The highest BCUT2D eigenvalue weighted by molar-refractivity contribution is 5.60. The highest BCUT2D eigenvalue weighted by atomic mass is 16.5. The van der Waals surface area contributed by atoms with E-state index in [1.54, 1.807) is 0 Å². The van der Waals surface area contributed by atoms with Gasteiger partial charge in [0.25, 0.3) is 0 Å². The topological polar surface area (TPSA) is 9.23 Å². The van der Waals surface area contributed by atoms with Crippen LogP contribution in [-0.2, 0) is 6.42 Å². The van der Waals surface area contributed by atoms with E-state index in [4.69, 9.17) is 4.74 Å². The van der Waals surface area contributed by atoms with E-state index >= 15 is 0 Å². The lowest BCUT2D eigenvalue weighted by Crippen LogP contribution is -2.01. The molecule has 0 atom stereocenters. The number of hydrogen-bond donors (Lipinski definition) is 0. The highest BCUT2D eigenvalue weighted by Crippen LogP contribution is 2.27. The Morgan fingerprint density at radius 2 is 2.00 bits per heavy atom. The van der Waals surface area contributed by atoms with Gasteiger partial charge >= 0.3 is 0 Å². The lowest BCUT2D eigenvalue weighted by molar-refractivity contribution is 0.305. The molecule has 0 N–H and O–H groups in total. The quantitative estimate of drug-likeness (QED) is 0.640. The van der Waals surface area contributed by atoms with Crippen molar-refractivity contribution in [1.29, 1.82) is 0 Å². The number of hydrogen-bond acceptors (Lipinski definition) is 1. The minimum Gasteiger partial charge on any atom is -0.494 e. The molecule has 0 aliphatic heterocycles. The van der Waals surface area contributed by atoms with Crippen LogP contribution in [0.4, 0.5) is 0 Å². The van der Waals surface area contributed by atoms with Crippen LogP contribution < -0.4 is 4.74 Å². The maximum Gasteiger partial charge on any atom is 0.119 e. The second-order valence-corrected chi connectivity index (χ2v) is 5.26. The van der Waals surface area contributed by atoms with Gasteiger partial charge in [0, 0.05) is 0 Å². The van der Waals surface area contributed by atoms with Crippen LogP contribution in [0.15, 0.2) is 23.8 Å². The summed E-state index contributed by atoms with van der Waals surface area (Å²) in [5, 5.41) is 0. The van der Waals surface area contributed by atoms with E-state index < -0.39 is 0 Å². The Balaban J connectivity index is 1.88. The molecule has 1 aromatic carbocycles. The minimum atomic E-state index is 0.855. The average Bonchev–Trinajstić information content (AvgIpc) is 2.38. The van der Waals surface area contributed by atoms with Crippen LogP contribution in [0.25, 0.3) is 6.08 Å². The van der Waals surface area contributed by atoms with Crippen LogP contribution >= 0.6 is 0 Å². The molecule has 0 spiro atoms. The van der Waals surface area contributed by atoms with Crippen molar-refractivity contribution in [1.82, 2.24) is 0 Å². The van der Waals surface area contributed by atoms with Gasteiger partial charge in [-0.2, -0.15) is 0 Å². The van der Waals surface area contributed by atoms with Crippen molar-refractivity contribution < 1.29 is 4.74 Å². The Kier molecular flexibility index (Phi) is 4.86. The molecule has 0 radical (unpaired) electrons. The summed E-state index contributed by atoms with van der Waals surface area (Å²) < 4.78 is 5.82. The Morgan fingerprint density at radius 3 is 2.83 bits per heavy atom. The van der Waals surface area contributed by atoms with E-state index in [0.717, 1.165) is 18.8 Å². The summed E-state index contributed by atoms with van der Waals surface area (Å²) in [5.74, 6) is 1.04. The number of rotatable bonds is 6. The molecule has 0 fully saturated rings. The fourth-order valence-electron chi connectivity index (χ4n) is 2.42. The largest absolute Gasteiger partial charge is 0.494 e. The van der Waals surface area contributed by atoms with Gasteiger partial charge < -0.3 is 4.74 Å². The summed E-state index contributed by atoms with van der Waals surface area (Å²) in [6, 6.07) is 6.52. The first-order valence-electron chi connectivity index (χ1n) is 7.22. The third-order valence-corrected chi connectivity index (χ3v) is 3.57. The molecule has 0 amide bonds. The molecule has 0 saturated heterocycles. The summed E-state index contributed by atoms with van der Waals surface area (Å²) in [5.41, 5.74) is 4.29. The van der Waals surface area contributed by atoms with E-state index in [1.807, 2.05) is 0 Å². The second kappa shape index (κ2) is 6.63. The number of benzene rings is 1. The zero-order valence-electron chi connectivity index (χ0n) is 11.7. The predicted octanol–water partition coefficient (Wildman–Crippen LogP) is 5.00. The zero-order chi connectivity index (χ0) is 12.8. The summed E-state index contributed by atoms with van der Waals surface area (Å²) >= 11 is 0. The van der Waals surface area contributed by atoms with Crippen LogP contribution in [0, 0.1) is 0 Å². The van der Waals surface area contributed by atoms with Crippen LogP contribution in [0.5, 0.6) is 5.75 Å². The van der Waals surface area contributed by atoms with Gasteiger partial charge in [-0.05, 0) is 49.4 Å². The van der Waals surface area contributed by atoms with E-state index in [9.17, 15) is 0 Å². The van der Waals surface area contributed by atoms with Crippen molar-refractivity contribution in [3.63, 3.8) is 0 Å². The second-order valence-electron chi connectivity index (χ2n) is 5.26. The lowest BCUT2D eigenvalue weighted by atomic mass is 9.93. The average molecular weight is 244 g/mol. The van der Waals surface area contributed by atoms with Crippen molar-refractivity contribution >= 4 is 6.08 Å². The smallest absolute Gasteiger partial charge is 0.119 e. The molecular formula is C17H24O. The molecule has 0 bridgehead atoms. The molecular weight excluding hydrogens is 220 g/mol. The normalized spacial score (nSPS) is 14.0.